The molecule has 1 aromatic heterocycles. The number of benzene rings is 2. The summed E-state index contributed by atoms with van der Waals surface area (Å²) < 4.78 is 0. The fourth-order valence-electron chi connectivity index (χ4n) is 1.70. The highest BCUT2D eigenvalue weighted by Crippen LogP contribution is 2.23. The monoisotopic (exact) mass is 244 g/mol. The van der Waals surface area contributed by atoms with Crippen LogP contribution < -0.4 is 5.32 Å². The Labute approximate surface area is 103 Å². The molecule has 0 atom stereocenters. The van der Waals surface area contributed by atoms with Gasteiger partial charge in [-0.1, -0.05) is 23.7 Å². The van der Waals surface area contributed by atoms with E-state index in [9.17, 15) is 0 Å². The van der Waals surface area contributed by atoms with Gasteiger partial charge in [0, 0.05) is 10.7 Å². The van der Waals surface area contributed by atoms with Crippen LogP contribution in [0.2, 0.25) is 5.02 Å². The summed E-state index contributed by atoms with van der Waals surface area (Å²) in [4.78, 5) is 0. The maximum atomic E-state index is 5.94. The van der Waals surface area contributed by atoms with Crippen LogP contribution in [0.3, 0.4) is 0 Å². The van der Waals surface area contributed by atoms with Gasteiger partial charge in [0.2, 0.25) is 0 Å². The van der Waals surface area contributed by atoms with Crippen LogP contribution in [0.1, 0.15) is 0 Å². The van der Waals surface area contributed by atoms with Crippen LogP contribution in [0.5, 0.6) is 0 Å². The summed E-state index contributed by atoms with van der Waals surface area (Å²) >= 11 is 5.94. The highest BCUT2D eigenvalue weighted by molar-refractivity contribution is 6.31. The molecule has 2 aromatic carbocycles. The number of fused-ring (bicyclic) bond motifs is 1. The third-order valence-electron chi connectivity index (χ3n) is 2.49. The summed E-state index contributed by atoms with van der Waals surface area (Å²) in [6.07, 6.45) is 1.63. The zero-order valence-electron chi connectivity index (χ0n) is 8.81. The van der Waals surface area contributed by atoms with E-state index in [1.165, 1.54) is 0 Å². The lowest BCUT2D eigenvalue weighted by Gasteiger charge is -2.04. The predicted octanol–water partition coefficient (Wildman–Crippen LogP) is 3.35. The molecule has 0 bridgehead atoms. The SMILES string of the molecule is Clc1ccc2cc(Nc3cn[nH]n3)ccc2c1. The van der Waals surface area contributed by atoms with E-state index in [1.807, 2.05) is 36.4 Å². The molecular formula is C12H9ClN4. The first-order valence-electron chi connectivity index (χ1n) is 5.13. The molecule has 3 aromatic rings. The number of nitrogens with one attached hydrogen (secondary N) is 2. The fraction of sp³-hybridized carbons (Fsp3) is 0. The number of aromatic amines is 1. The fourth-order valence-corrected chi connectivity index (χ4v) is 1.88. The molecule has 0 amide bonds. The molecule has 0 unspecified atom stereocenters. The first-order valence-corrected chi connectivity index (χ1v) is 5.51. The second kappa shape index (κ2) is 4.07. The number of nitrogens with zero attached hydrogens (tertiary/aromatic N) is 2. The molecule has 0 fully saturated rings. The molecular weight excluding hydrogens is 236 g/mol. The molecule has 0 aliphatic rings. The minimum atomic E-state index is 0.693. The summed E-state index contributed by atoms with van der Waals surface area (Å²) in [6, 6.07) is 11.9. The molecule has 4 nitrogen and oxygen atoms in total. The summed E-state index contributed by atoms with van der Waals surface area (Å²) in [5.41, 5.74) is 0.966. The van der Waals surface area contributed by atoms with E-state index in [0.717, 1.165) is 21.5 Å². The van der Waals surface area contributed by atoms with Crippen LogP contribution >= 0.6 is 11.6 Å². The highest BCUT2D eigenvalue weighted by atomic mass is 35.5. The number of hydrogen-bond acceptors (Lipinski definition) is 3. The lowest BCUT2D eigenvalue weighted by Crippen LogP contribution is -1.90. The van der Waals surface area contributed by atoms with Crippen molar-refractivity contribution in [1.82, 2.24) is 15.4 Å². The van der Waals surface area contributed by atoms with E-state index in [4.69, 9.17) is 11.6 Å². The van der Waals surface area contributed by atoms with E-state index in [0.29, 0.717) is 5.82 Å². The smallest absolute Gasteiger partial charge is 0.172 e. The number of H-pyrrole nitrogens is 1. The van der Waals surface area contributed by atoms with Crippen LogP contribution in [0, 0.1) is 0 Å². The average Bonchev–Trinajstić information content (AvgIpc) is 2.82. The number of aromatic nitrogens is 3. The Kier molecular flexibility index (Phi) is 2.42. The first kappa shape index (κ1) is 10.1. The Morgan fingerprint density at radius 3 is 2.71 bits per heavy atom. The van der Waals surface area contributed by atoms with Crippen molar-refractivity contribution in [2.75, 3.05) is 5.32 Å². The van der Waals surface area contributed by atoms with E-state index >= 15 is 0 Å². The molecule has 84 valence electrons. The van der Waals surface area contributed by atoms with Gasteiger partial charge in [0.05, 0.1) is 6.20 Å². The third-order valence-corrected chi connectivity index (χ3v) is 2.72. The molecule has 0 saturated carbocycles. The molecule has 0 radical (unpaired) electrons. The molecule has 0 spiro atoms. The van der Waals surface area contributed by atoms with Crippen LogP contribution in [0.15, 0.2) is 42.6 Å². The van der Waals surface area contributed by atoms with E-state index < -0.39 is 0 Å². The van der Waals surface area contributed by atoms with Gasteiger partial charge in [-0.2, -0.15) is 10.3 Å². The first-order chi connectivity index (χ1) is 8.31. The molecule has 1 heterocycles. The van der Waals surface area contributed by atoms with Crippen molar-refractivity contribution in [3.05, 3.63) is 47.6 Å². The van der Waals surface area contributed by atoms with Crippen molar-refractivity contribution in [3.63, 3.8) is 0 Å². The van der Waals surface area contributed by atoms with Crippen molar-refractivity contribution < 1.29 is 0 Å². The zero-order chi connectivity index (χ0) is 11.7. The van der Waals surface area contributed by atoms with Gasteiger partial charge < -0.3 is 5.32 Å². The molecule has 0 aliphatic carbocycles. The van der Waals surface area contributed by atoms with Crippen LogP contribution in [0.4, 0.5) is 11.5 Å². The quantitative estimate of drug-likeness (QED) is 0.727. The van der Waals surface area contributed by atoms with Crippen LogP contribution in [-0.2, 0) is 0 Å². The number of anilines is 2. The van der Waals surface area contributed by atoms with E-state index in [2.05, 4.69) is 20.7 Å². The molecule has 5 heteroatoms. The minimum Gasteiger partial charge on any atom is -0.337 e. The molecule has 0 saturated heterocycles. The van der Waals surface area contributed by atoms with E-state index in [1.54, 1.807) is 6.20 Å². The molecule has 17 heavy (non-hydrogen) atoms. The Balaban J connectivity index is 1.99. The van der Waals surface area contributed by atoms with Gasteiger partial charge in [-0.05, 0) is 35.0 Å². The van der Waals surface area contributed by atoms with Gasteiger partial charge in [-0.3, -0.25) is 0 Å². The van der Waals surface area contributed by atoms with Crippen molar-refractivity contribution in [2.24, 2.45) is 0 Å². The Morgan fingerprint density at radius 1 is 1.06 bits per heavy atom. The average molecular weight is 245 g/mol. The number of halogens is 1. The predicted molar refractivity (Wildman–Crippen MR) is 68.6 cm³/mol. The Bertz CT molecular complexity index is 649. The lowest BCUT2D eigenvalue weighted by atomic mass is 10.1. The van der Waals surface area contributed by atoms with Crippen LogP contribution in [0.25, 0.3) is 10.8 Å². The molecule has 2 N–H and O–H groups in total. The second-order valence-electron chi connectivity index (χ2n) is 3.69. The highest BCUT2D eigenvalue weighted by Gasteiger charge is 1.99. The largest absolute Gasteiger partial charge is 0.337 e. The van der Waals surface area contributed by atoms with E-state index in [-0.39, 0.29) is 0 Å². The Morgan fingerprint density at radius 2 is 1.88 bits per heavy atom. The minimum absolute atomic E-state index is 0.693. The topological polar surface area (TPSA) is 53.6 Å². The Hall–Kier alpha value is -2.07. The maximum absolute atomic E-state index is 5.94. The van der Waals surface area contributed by atoms with Gasteiger partial charge in [0.1, 0.15) is 0 Å². The van der Waals surface area contributed by atoms with Gasteiger partial charge in [-0.15, -0.1) is 5.10 Å². The molecule has 3 rings (SSSR count). The van der Waals surface area contributed by atoms with Crippen molar-refractivity contribution in [2.45, 2.75) is 0 Å². The van der Waals surface area contributed by atoms with Crippen molar-refractivity contribution in [1.29, 1.82) is 0 Å². The van der Waals surface area contributed by atoms with Crippen molar-refractivity contribution in [3.8, 4) is 0 Å². The second-order valence-corrected chi connectivity index (χ2v) is 4.12. The summed E-state index contributed by atoms with van der Waals surface area (Å²) in [5.74, 6) is 0.693. The van der Waals surface area contributed by atoms with Crippen LogP contribution in [-0.4, -0.2) is 15.4 Å². The van der Waals surface area contributed by atoms with Gasteiger partial charge in [0.15, 0.2) is 5.82 Å². The normalized spacial score (nSPS) is 10.6. The zero-order valence-corrected chi connectivity index (χ0v) is 9.57. The van der Waals surface area contributed by atoms with Crippen molar-refractivity contribution >= 4 is 33.9 Å². The maximum Gasteiger partial charge on any atom is 0.172 e. The van der Waals surface area contributed by atoms with Gasteiger partial charge in [-0.25, -0.2) is 0 Å². The molecule has 0 aliphatic heterocycles. The number of hydrogen-bond donors (Lipinski definition) is 2. The lowest BCUT2D eigenvalue weighted by molar-refractivity contribution is 0.942. The number of rotatable bonds is 2. The van der Waals surface area contributed by atoms with Gasteiger partial charge >= 0.3 is 0 Å². The van der Waals surface area contributed by atoms with Gasteiger partial charge in [0.25, 0.3) is 0 Å². The summed E-state index contributed by atoms with van der Waals surface area (Å²) in [6.45, 7) is 0. The summed E-state index contributed by atoms with van der Waals surface area (Å²) in [7, 11) is 0. The third kappa shape index (κ3) is 2.07. The standard InChI is InChI=1S/C12H9ClN4/c13-10-3-1-9-6-11(4-2-8(9)5-10)15-12-7-14-17-16-12/h1-7H,(H2,14,15,16,17). The summed E-state index contributed by atoms with van der Waals surface area (Å²) in [5, 5.41) is 16.4.